The van der Waals surface area contributed by atoms with Crippen molar-refractivity contribution in [2.24, 2.45) is 0 Å². The van der Waals surface area contributed by atoms with Crippen molar-refractivity contribution in [2.75, 3.05) is 12.8 Å². The molecule has 2 aromatic rings. The topological polar surface area (TPSA) is 61.0 Å². The molecule has 2 rings (SSSR count). The van der Waals surface area contributed by atoms with E-state index in [0.29, 0.717) is 28.0 Å². The number of methoxy groups -OCH3 is 1. The van der Waals surface area contributed by atoms with Gasteiger partial charge in [-0.15, -0.1) is 0 Å². The number of anilines is 1. The molecule has 0 amide bonds. The van der Waals surface area contributed by atoms with Gasteiger partial charge < -0.3 is 10.5 Å². The molecule has 0 fully saturated rings. The summed E-state index contributed by atoms with van der Waals surface area (Å²) in [5, 5.41) is 0.554. The number of nitrogen functional groups attached to an aromatic ring is 1. The van der Waals surface area contributed by atoms with Gasteiger partial charge in [-0.05, 0) is 32.0 Å². The molecule has 0 bridgehead atoms. The summed E-state index contributed by atoms with van der Waals surface area (Å²) in [6, 6.07) is 5.41. The van der Waals surface area contributed by atoms with Crippen LogP contribution < -0.4 is 10.5 Å². The van der Waals surface area contributed by atoms with E-state index in [1.54, 1.807) is 13.2 Å². The lowest BCUT2D eigenvalue weighted by molar-refractivity contribution is 0.415. The molecule has 0 atom stereocenters. The lowest BCUT2D eigenvalue weighted by Crippen LogP contribution is -2.02. The van der Waals surface area contributed by atoms with Crippen LogP contribution in [0.2, 0.25) is 5.02 Å². The maximum atomic E-state index is 6.22. The first kappa shape index (κ1) is 12.6. The van der Waals surface area contributed by atoms with Crippen molar-refractivity contribution in [3.63, 3.8) is 0 Å². The molecule has 5 heteroatoms. The van der Waals surface area contributed by atoms with Gasteiger partial charge in [0.15, 0.2) is 0 Å². The van der Waals surface area contributed by atoms with E-state index >= 15 is 0 Å². The van der Waals surface area contributed by atoms with E-state index in [4.69, 9.17) is 22.1 Å². The number of halogens is 1. The Bertz CT molecular complexity index is 599. The monoisotopic (exact) mass is 263 g/mol. The summed E-state index contributed by atoms with van der Waals surface area (Å²) in [6.07, 6.45) is 0. The van der Waals surface area contributed by atoms with Gasteiger partial charge >= 0.3 is 0 Å². The van der Waals surface area contributed by atoms with E-state index < -0.39 is 0 Å². The molecular formula is C13H14ClN3O. The molecule has 2 N–H and O–H groups in total. The zero-order valence-corrected chi connectivity index (χ0v) is 11.2. The summed E-state index contributed by atoms with van der Waals surface area (Å²) < 4.78 is 5.12. The van der Waals surface area contributed by atoms with Crippen LogP contribution in [0.4, 0.5) is 5.69 Å². The Kier molecular flexibility index (Phi) is 3.39. The number of hydrogen-bond donors (Lipinski definition) is 1. The standard InChI is InChI=1S/C13H14ClN3O/c1-7-12(15)13(17-8(2)16-7)10-5-4-9(18-3)6-11(10)14/h4-6H,15H2,1-3H3. The van der Waals surface area contributed by atoms with Gasteiger partial charge in [-0.1, -0.05) is 11.6 Å². The Labute approximate surface area is 111 Å². The lowest BCUT2D eigenvalue weighted by atomic mass is 10.1. The van der Waals surface area contributed by atoms with Crippen LogP contribution in [0.1, 0.15) is 11.5 Å². The Morgan fingerprint density at radius 2 is 1.94 bits per heavy atom. The van der Waals surface area contributed by atoms with Crippen LogP contribution in [0.15, 0.2) is 18.2 Å². The van der Waals surface area contributed by atoms with Crippen LogP contribution in [0.3, 0.4) is 0 Å². The number of ether oxygens (including phenoxy) is 1. The summed E-state index contributed by atoms with van der Waals surface area (Å²) in [7, 11) is 1.60. The molecular weight excluding hydrogens is 250 g/mol. The minimum atomic E-state index is 0.549. The fourth-order valence-corrected chi connectivity index (χ4v) is 2.00. The molecule has 0 aliphatic heterocycles. The number of hydrogen-bond acceptors (Lipinski definition) is 4. The van der Waals surface area contributed by atoms with E-state index in [1.807, 2.05) is 26.0 Å². The van der Waals surface area contributed by atoms with Crippen LogP contribution in [-0.4, -0.2) is 17.1 Å². The number of nitrogens with zero attached hydrogens (tertiary/aromatic N) is 2. The van der Waals surface area contributed by atoms with Crippen molar-refractivity contribution in [3.05, 3.63) is 34.7 Å². The highest BCUT2D eigenvalue weighted by Crippen LogP contribution is 2.33. The van der Waals surface area contributed by atoms with Gasteiger partial charge in [0, 0.05) is 5.56 Å². The minimum absolute atomic E-state index is 0.549. The number of rotatable bonds is 2. The zero-order valence-electron chi connectivity index (χ0n) is 10.5. The fraction of sp³-hybridized carbons (Fsp3) is 0.231. The summed E-state index contributed by atoms with van der Waals surface area (Å²) >= 11 is 6.22. The highest BCUT2D eigenvalue weighted by molar-refractivity contribution is 6.33. The maximum absolute atomic E-state index is 6.22. The van der Waals surface area contributed by atoms with Gasteiger partial charge in [-0.3, -0.25) is 0 Å². The third kappa shape index (κ3) is 2.24. The van der Waals surface area contributed by atoms with Crippen LogP contribution in [0.25, 0.3) is 11.3 Å². The molecule has 1 aromatic heterocycles. The van der Waals surface area contributed by atoms with Gasteiger partial charge in [0.2, 0.25) is 0 Å². The van der Waals surface area contributed by atoms with Crippen LogP contribution >= 0.6 is 11.6 Å². The molecule has 0 saturated heterocycles. The van der Waals surface area contributed by atoms with E-state index in [0.717, 1.165) is 11.3 Å². The number of benzene rings is 1. The third-order valence-electron chi connectivity index (χ3n) is 2.68. The predicted molar refractivity (Wildman–Crippen MR) is 72.9 cm³/mol. The minimum Gasteiger partial charge on any atom is -0.497 e. The first-order chi connectivity index (χ1) is 8.52. The predicted octanol–water partition coefficient (Wildman–Crippen LogP) is 3.00. The average Bonchev–Trinajstić information content (AvgIpc) is 2.34. The Hall–Kier alpha value is -1.81. The Balaban J connectivity index is 2.62. The highest BCUT2D eigenvalue weighted by Gasteiger charge is 2.13. The van der Waals surface area contributed by atoms with Crippen molar-refractivity contribution in [1.82, 2.24) is 9.97 Å². The van der Waals surface area contributed by atoms with Gasteiger partial charge in [0.25, 0.3) is 0 Å². The van der Waals surface area contributed by atoms with Crippen LogP contribution in [0.5, 0.6) is 5.75 Å². The van der Waals surface area contributed by atoms with Crippen molar-refractivity contribution in [1.29, 1.82) is 0 Å². The summed E-state index contributed by atoms with van der Waals surface area (Å²) in [5.74, 6) is 1.37. The first-order valence-electron chi connectivity index (χ1n) is 5.47. The average molecular weight is 264 g/mol. The molecule has 1 heterocycles. The fourth-order valence-electron chi connectivity index (χ4n) is 1.74. The summed E-state index contributed by atoms with van der Waals surface area (Å²) in [4.78, 5) is 8.58. The molecule has 0 spiro atoms. The van der Waals surface area contributed by atoms with Crippen LogP contribution in [-0.2, 0) is 0 Å². The van der Waals surface area contributed by atoms with E-state index in [9.17, 15) is 0 Å². The summed E-state index contributed by atoms with van der Waals surface area (Å²) in [6.45, 7) is 3.68. The molecule has 0 saturated carbocycles. The van der Waals surface area contributed by atoms with E-state index in [2.05, 4.69) is 9.97 Å². The van der Waals surface area contributed by atoms with Gasteiger partial charge in [-0.25, -0.2) is 9.97 Å². The highest BCUT2D eigenvalue weighted by atomic mass is 35.5. The normalized spacial score (nSPS) is 10.4. The van der Waals surface area contributed by atoms with Crippen molar-refractivity contribution in [3.8, 4) is 17.0 Å². The smallest absolute Gasteiger partial charge is 0.126 e. The van der Waals surface area contributed by atoms with Gasteiger partial charge in [0.1, 0.15) is 11.6 Å². The van der Waals surface area contributed by atoms with Crippen molar-refractivity contribution < 1.29 is 4.74 Å². The van der Waals surface area contributed by atoms with Crippen molar-refractivity contribution in [2.45, 2.75) is 13.8 Å². The van der Waals surface area contributed by atoms with Gasteiger partial charge in [-0.2, -0.15) is 0 Å². The number of aromatic nitrogens is 2. The first-order valence-corrected chi connectivity index (χ1v) is 5.85. The summed E-state index contributed by atoms with van der Waals surface area (Å²) in [5.41, 5.74) is 8.75. The lowest BCUT2D eigenvalue weighted by Gasteiger charge is -2.10. The quantitative estimate of drug-likeness (QED) is 0.905. The van der Waals surface area contributed by atoms with E-state index in [1.165, 1.54) is 0 Å². The third-order valence-corrected chi connectivity index (χ3v) is 2.99. The van der Waals surface area contributed by atoms with Crippen LogP contribution in [0, 0.1) is 13.8 Å². The Morgan fingerprint density at radius 3 is 2.56 bits per heavy atom. The second kappa shape index (κ2) is 4.82. The number of aryl methyl sites for hydroxylation is 2. The second-order valence-electron chi connectivity index (χ2n) is 3.96. The molecule has 94 valence electrons. The molecule has 0 aliphatic rings. The zero-order chi connectivity index (χ0) is 13.3. The second-order valence-corrected chi connectivity index (χ2v) is 4.37. The largest absolute Gasteiger partial charge is 0.497 e. The SMILES string of the molecule is COc1ccc(-c2nc(C)nc(C)c2N)c(Cl)c1. The van der Waals surface area contributed by atoms with Crippen molar-refractivity contribution >= 4 is 17.3 Å². The van der Waals surface area contributed by atoms with E-state index in [-0.39, 0.29) is 0 Å². The maximum Gasteiger partial charge on any atom is 0.126 e. The molecule has 0 aliphatic carbocycles. The Morgan fingerprint density at radius 1 is 1.22 bits per heavy atom. The number of nitrogens with two attached hydrogens (primary N) is 1. The molecule has 4 nitrogen and oxygen atoms in total. The molecule has 0 radical (unpaired) electrons. The van der Waals surface area contributed by atoms with Gasteiger partial charge in [0.05, 0.1) is 29.2 Å². The molecule has 0 unspecified atom stereocenters. The molecule has 18 heavy (non-hydrogen) atoms. The molecule has 1 aromatic carbocycles.